The van der Waals surface area contributed by atoms with Gasteiger partial charge in [-0.05, 0) is 47.0 Å². The first-order chi connectivity index (χ1) is 14.6. The fourth-order valence-corrected chi connectivity index (χ4v) is 3.25. The molecule has 0 fully saturated rings. The summed E-state index contributed by atoms with van der Waals surface area (Å²) >= 11 is 0. The largest absolute Gasteiger partial charge is 0.478 e. The molecular weight excluding hydrogens is 447 g/mol. The third-order valence-electron chi connectivity index (χ3n) is 4.71. The highest BCUT2D eigenvalue weighted by molar-refractivity contribution is 5.95. The lowest BCUT2D eigenvalue weighted by Crippen LogP contribution is -2.00. The second kappa shape index (κ2) is 11.3. The van der Waals surface area contributed by atoms with Gasteiger partial charge in [-0.1, -0.05) is 54.6 Å². The van der Waals surface area contributed by atoms with Crippen molar-refractivity contribution in [2.45, 2.75) is 6.54 Å². The molecule has 1 heterocycles. The van der Waals surface area contributed by atoms with Gasteiger partial charge >= 0.3 is 5.97 Å². The van der Waals surface area contributed by atoms with E-state index in [1.807, 2.05) is 42.5 Å². The lowest BCUT2D eigenvalue weighted by molar-refractivity contribution is 0.0697. The van der Waals surface area contributed by atoms with Crippen molar-refractivity contribution < 1.29 is 14.6 Å². The van der Waals surface area contributed by atoms with Crippen LogP contribution in [0.4, 0.5) is 0 Å². The molecule has 0 spiro atoms. The molecule has 1 aromatic heterocycles. The maximum Gasteiger partial charge on any atom is 0.336 e. The van der Waals surface area contributed by atoms with Gasteiger partial charge in [0.1, 0.15) is 5.75 Å². The van der Waals surface area contributed by atoms with Gasteiger partial charge in [0.15, 0.2) is 0 Å². The zero-order valence-corrected chi connectivity index (χ0v) is 18.6. The van der Waals surface area contributed by atoms with E-state index in [2.05, 4.69) is 11.1 Å². The molecule has 3 N–H and O–H groups in total. The van der Waals surface area contributed by atoms with Gasteiger partial charge in [-0.15, -0.1) is 24.8 Å². The predicted octanol–water partition coefficient (Wildman–Crippen LogP) is 6.21. The van der Waals surface area contributed by atoms with E-state index < -0.39 is 5.97 Å². The number of rotatable bonds is 6. The summed E-state index contributed by atoms with van der Waals surface area (Å²) in [6.07, 6.45) is 0. The second-order valence-corrected chi connectivity index (χ2v) is 6.75. The highest BCUT2D eigenvalue weighted by Crippen LogP contribution is 2.29. The molecule has 0 amide bonds. The highest BCUT2D eigenvalue weighted by Gasteiger charge is 2.12. The summed E-state index contributed by atoms with van der Waals surface area (Å²) in [5, 5.41) is 9.44. The maximum absolute atomic E-state index is 11.5. The standard InChI is InChI=1S/C25H20N2O3.2ClH/c26-16-17-6-3-7-18(14-17)19-8-4-9-20(15-19)30-24-13-5-12-23(27-24)21-10-1-2-11-22(21)25(28)29;;/h1-15H,16,26H2,(H,28,29);2*1H. The van der Waals surface area contributed by atoms with Gasteiger partial charge in [0.05, 0.1) is 11.3 Å². The van der Waals surface area contributed by atoms with Crippen LogP contribution >= 0.6 is 24.8 Å². The number of aromatic nitrogens is 1. The normalized spacial score (nSPS) is 9.91. The van der Waals surface area contributed by atoms with Crippen LogP contribution in [0.2, 0.25) is 0 Å². The highest BCUT2D eigenvalue weighted by atomic mass is 35.5. The topological polar surface area (TPSA) is 85.4 Å². The molecule has 32 heavy (non-hydrogen) atoms. The molecule has 0 aliphatic heterocycles. The van der Waals surface area contributed by atoms with Gasteiger partial charge in [0.25, 0.3) is 0 Å². The summed E-state index contributed by atoms with van der Waals surface area (Å²) in [5.74, 6) is 0.0357. The summed E-state index contributed by atoms with van der Waals surface area (Å²) in [6, 6.07) is 27.9. The Bertz CT molecular complexity index is 1210. The van der Waals surface area contributed by atoms with E-state index in [9.17, 15) is 9.90 Å². The van der Waals surface area contributed by atoms with Crippen LogP contribution in [0.1, 0.15) is 15.9 Å². The van der Waals surface area contributed by atoms with Gasteiger partial charge in [-0.25, -0.2) is 9.78 Å². The van der Waals surface area contributed by atoms with Crippen molar-refractivity contribution in [3.05, 3.63) is 102 Å². The van der Waals surface area contributed by atoms with E-state index in [0.717, 1.165) is 16.7 Å². The monoisotopic (exact) mass is 468 g/mol. The van der Waals surface area contributed by atoms with Gasteiger partial charge in [-0.2, -0.15) is 0 Å². The Hall–Kier alpha value is -3.38. The zero-order valence-electron chi connectivity index (χ0n) is 17.0. The van der Waals surface area contributed by atoms with Crippen molar-refractivity contribution in [3.63, 3.8) is 0 Å². The van der Waals surface area contributed by atoms with Crippen LogP contribution in [0.5, 0.6) is 11.6 Å². The lowest BCUT2D eigenvalue weighted by atomic mass is 10.0. The summed E-state index contributed by atoms with van der Waals surface area (Å²) in [7, 11) is 0. The van der Waals surface area contributed by atoms with Crippen LogP contribution in [0.15, 0.2) is 91.0 Å². The number of nitrogens with zero attached hydrogens (tertiary/aromatic N) is 1. The summed E-state index contributed by atoms with van der Waals surface area (Å²) in [6.45, 7) is 0.485. The number of ether oxygens (including phenoxy) is 1. The SMILES string of the molecule is Cl.Cl.NCc1cccc(-c2cccc(Oc3cccc(-c4ccccc4C(=O)O)n3)c2)c1. The van der Waals surface area contributed by atoms with E-state index in [-0.39, 0.29) is 30.4 Å². The lowest BCUT2D eigenvalue weighted by Gasteiger charge is -2.10. The predicted molar refractivity (Wildman–Crippen MR) is 131 cm³/mol. The van der Waals surface area contributed by atoms with Crippen LogP contribution in [0.25, 0.3) is 22.4 Å². The van der Waals surface area contributed by atoms with Crippen LogP contribution in [-0.2, 0) is 6.54 Å². The van der Waals surface area contributed by atoms with Crippen molar-refractivity contribution in [1.82, 2.24) is 4.98 Å². The average Bonchev–Trinajstić information content (AvgIpc) is 2.79. The summed E-state index contributed by atoms with van der Waals surface area (Å²) in [5.41, 5.74) is 10.2. The molecule has 7 heteroatoms. The zero-order chi connectivity index (χ0) is 20.9. The number of carboxylic acids is 1. The Balaban J connectivity index is 0.00000181. The molecule has 0 saturated heterocycles. The maximum atomic E-state index is 11.5. The Morgan fingerprint density at radius 2 is 1.53 bits per heavy atom. The van der Waals surface area contributed by atoms with E-state index in [1.165, 1.54) is 0 Å². The fourth-order valence-electron chi connectivity index (χ4n) is 3.25. The molecule has 4 aromatic rings. The first-order valence-electron chi connectivity index (χ1n) is 9.51. The molecule has 0 radical (unpaired) electrons. The van der Waals surface area contributed by atoms with E-state index >= 15 is 0 Å². The number of hydrogen-bond donors (Lipinski definition) is 2. The van der Waals surface area contributed by atoms with E-state index in [0.29, 0.717) is 29.4 Å². The number of nitrogens with two attached hydrogens (primary N) is 1. The Morgan fingerprint density at radius 3 is 2.28 bits per heavy atom. The van der Waals surface area contributed by atoms with E-state index in [1.54, 1.807) is 42.5 Å². The minimum absolute atomic E-state index is 0. The first-order valence-corrected chi connectivity index (χ1v) is 9.51. The minimum atomic E-state index is -0.994. The minimum Gasteiger partial charge on any atom is -0.478 e. The fraction of sp³-hybridized carbons (Fsp3) is 0.0400. The third kappa shape index (κ3) is 5.65. The molecule has 164 valence electrons. The molecule has 0 bridgehead atoms. The van der Waals surface area contributed by atoms with Gasteiger partial charge < -0.3 is 15.6 Å². The molecule has 3 aromatic carbocycles. The quantitative estimate of drug-likeness (QED) is 0.351. The van der Waals surface area contributed by atoms with Crippen molar-refractivity contribution in [3.8, 4) is 34.0 Å². The van der Waals surface area contributed by atoms with Crippen molar-refractivity contribution in [2.24, 2.45) is 5.73 Å². The molecule has 4 rings (SSSR count). The smallest absolute Gasteiger partial charge is 0.336 e. The summed E-state index contributed by atoms with van der Waals surface area (Å²) in [4.78, 5) is 16.0. The van der Waals surface area contributed by atoms with E-state index in [4.69, 9.17) is 10.5 Å². The van der Waals surface area contributed by atoms with Gasteiger partial charge in [-0.3, -0.25) is 0 Å². The molecule has 5 nitrogen and oxygen atoms in total. The number of pyridine rings is 1. The average molecular weight is 469 g/mol. The van der Waals surface area contributed by atoms with Gasteiger partial charge in [0.2, 0.25) is 5.88 Å². The molecule has 0 unspecified atom stereocenters. The Kier molecular flexibility index (Phi) is 8.79. The van der Waals surface area contributed by atoms with Gasteiger partial charge in [0, 0.05) is 18.2 Å². The molecule has 0 saturated carbocycles. The Morgan fingerprint density at radius 1 is 0.844 bits per heavy atom. The number of halogens is 2. The number of aromatic carboxylic acids is 1. The number of carbonyl (C=O) groups is 1. The second-order valence-electron chi connectivity index (χ2n) is 6.75. The number of benzene rings is 3. The van der Waals surface area contributed by atoms with Crippen molar-refractivity contribution in [2.75, 3.05) is 0 Å². The molecule has 0 aliphatic carbocycles. The third-order valence-corrected chi connectivity index (χ3v) is 4.71. The van der Waals surface area contributed by atoms with Crippen molar-refractivity contribution >= 4 is 30.8 Å². The Labute approximate surface area is 198 Å². The number of carboxylic acid groups (broad SMARTS) is 1. The molecule has 0 atom stereocenters. The van der Waals surface area contributed by atoms with Crippen LogP contribution in [0.3, 0.4) is 0 Å². The van der Waals surface area contributed by atoms with Crippen LogP contribution in [0, 0.1) is 0 Å². The van der Waals surface area contributed by atoms with Crippen molar-refractivity contribution in [1.29, 1.82) is 0 Å². The molecule has 0 aliphatic rings. The number of hydrogen-bond acceptors (Lipinski definition) is 4. The first kappa shape index (κ1) is 24.9. The summed E-state index contributed by atoms with van der Waals surface area (Å²) < 4.78 is 5.98. The van der Waals surface area contributed by atoms with Crippen LogP contribution in [-0.4, -0.2) is 16.1 Å². The van der Waals surface area contributed by atoms with Crippen LogP contribution < -0.4 is 10.5 Å². The molecular formula is C25H22Cl2N2O3.